The normalized spacial score (nSPS) is 12.0. The molecule has 146 valence electrons. The van der Waals surface area contributed by atoms with Crippen molar-refractivity contribution in [3.8, 4) is 24.3 Å². The van der Waals surface area contributed by atoms with E-state index in [-0.39, 0.29) is 11.1 Å². The molecule has 31 heavy (non-hydrogen) atoms. The maximum absolute atomic E-state index is 8.66. The van der Waals surface area contributed by atoms with E-state index in [0.29, 0.717) is 24.0 Å². The molecule has 0 aliphatic heterocycles. The predicted octanol–water partition coefficient (Wildman–Crippen LogP) is 4.24. The SMILES string of the molecule is C[n+]1c2ccccc2nc2ccccc21.N#CC(C#N)=C1C=CC(=C(C#N)C#N)CC1. The standard InChI is InChI=1S/C13H11N2.C12H6N4/c1-15-12-8-4-2-6-10(12)14-11-7-3-5-9-13(11)15;13-5-11(6-14)9-1-2-10(4-3-9)12(7-15)8-16/h2-9H,1H3;1-2H,3-4H2/q+1;. The number of para-hydroxylation sites is 4. The van der Waals surface area contributed by atoms with Gasteiger partial charge in [-0.3, -0.25) is 0 Å². The second kappa shape index (κ2) is 9.62. The average Bonchev–Trinajstić information content (AvgIpc) is 2.82. The number of benzene rings is 2. The molecule has 1 aliphatic carbocycles. The van der Waals surface area contributed by atoms with Crippen LogP contribution in [-0.2, 0) is 7.05 Å². The second-order valence-electron chi connectivity index (χ2n) is 6.73. The Labute approximate surface area is 180 Å². The fraction of sp³-hybridized carbons (Fsp3) is 0.120. The van der Waals surface area contributed by atoms with E-state index in [1.54, 1.807) is 12.2 Å². The van der Waals surface area contributed by atoms with Crippen LogP contribution in [0.5, 0.6) is 0 Å². The zero-order chi connectivity index (χ0) is 22.2. The van der Waals surface area contributed by atoms with Crippen molar-refractivity contribution in [3.63, 3.8) is 0 Å². The van der Waals surface area contributed by atoms with E-state index in [0.717, 1.165) is 22.1 Å². The third-order valence-electron chi connectivity index (χ3n) is 4.97. The fourth-order valence-corrected chi connectivity index (χ4v) is 3.34. The van der Waals surface area contributed by atoms with E-state index in [1.165, 1.54) is 0 Å². The molecule has 0 radical (unpaired) electrons. The van der Waals surface area contributed by atoms with Gasteiger partial charge >= 0.3 is 0 Å². The maximum atomic E-state index is 8.66. The quantitative estimate of drug-likeness (QED) is 0.318. The lowest BCUT2D eigenvalue weighted by Gasteiger charge is -2.10. The van der Waals surface area contributed by atoms with Gasteiger partial charge in [-0.1, -0.05) is 36.4 Å². The Morgan fingerprint density at radius 1 is 0.710 bits per heavy atom. The molecule has 6 nitrogen and oxygen atoms in total. The van der Waals surface area contributed by atoms with Crippen molar-refractivity contribution < 1.29 is 4.57 Å². The Morgan fingerprint density at radius 2 is 1.10 bits per heavy atom. The highest BCUT2D eigenvalue weighted by Crippen LogP contribution is 2.25. The number of rotatable bonds is 0. The highest BCUT2D eigenvalue weighted by atomic mass is 15.0. The van der Waals surface area contributed by atoms with Gasteiger partial charge in [-0.15, -0.1) is 0 Å². The van der Waals surface area contributed by atoms with Crippen molar-refractivity contribution in [1.82, 2.24) is 4.98 Å². The first-order valence-corrected chi connectivity index (χ1v) is 9.51. The summed E-state index contributed by atoms with van der Waals surface area (Å²) in [4.78, 5) is 4.62. The zero-order valence-corrected chi connectivity index (χ0v) is 16.9. The Bertz CT molecular complexity index is 1290. The molecule has 1 heterocycles. The molecular weight excluding hydrogens is 384 g/mol. The number of fused-ring (bicyclic) bond motifs is 2. The number of aryl methyl sites for hydroxylation is 1. The van der Waals surface area contributed by atoms with Gasteiger partial charge in [0, 0.05) is 12.1 Å². The fourth-order valence-electron chi connectivity index (χ4n) is 3.34. The number of allylic oxidation sites excluding steroid dienone is 6. The second-order valence-corrected chi connectivity index (χ2v) is 6.73. The van der Waals surface area contributed by atoms with Crippen molar-refractivity contribution >= 4 is 22.1 Å². The van der Waals surface area contributed by atoms with Crippen molar-refractivity contribution in [2.75, 3.05) is 0 Å². The molecular formula is C25H17N6+. The molecule has 6 heteroatoms. The highest BCUT2D eigenvalue weighted by molar-refractivity contribution is 5.81. The summed E-state index contributed by atoms with van der Waals surface area (Å²) < 4.78 is 2.18. The predicted molar refractivity (Wildman–Crippen MR) is 115 cm³/mol. The van der Waals surface area contributed by atoms with Crippen molar-refractivity contribution in [2.45, 2.75) is 12.8 Å². The van der Waals surface area contributed by atoms with Crippen LogP contribution in [-0.4, -0.2) is 4.98 Å². The Kier molecular flexibility index (Phi) is 6.50. The number of aromatic nitrogens is 2. The first-order valence-electron chi connectivity index (χ1n) is 9.51. The van der Waals surface area contributed by atoms with Crippen molar-refractivity contribution in [2.24, 2.45) is 7.05 Å². The van der Waals surface area contributed by atoms with E-state index in [1.807, 2.05) is 60.7 Å². The molecule has 0 atom stereocenters. The minimum Gasteiger partial charge on any atom is -0.235 e. The molecule has 0 saturated carbocycles. The van der Waals surface area contributed by atoms with Crippen LogP contribution in [0.25, 0.3) is 22.1 Å². The molecule has 1 aromatic heterocycles. The summed E-state index contributed by atoms with van der Waals surface area (Å²) in [5.74, 6) is 0. The summed E-state index contributed by atoms with van der Waals surface area (Å²) >= 11 is 0. The van der Waals surface area contributed by atoms with Gasteiger partial charge < -0.3 is 0 Å². The summed E-state index contributed by atoms with van der Waals surface area (Å²) in [6.45, 7) is 0. The van der Waals surface area contributed by atoms with E-state index in [4.69, 9.17) is 21.0 Å². The smallest absolute Gasteiger partial charge is 0.231 e. The van der Waals surface area contributed by atoms with Crippen molar-refractivity contribution in [1.29, 1.82) is 21.0 Å². The van der Waals surface area contributed by atoms with Crippen LogP contribution < -0.4 is 4.57 Å². The number of nitrogens with zero attached hydrogens (tertiary/aromatic N) is 6. The molecule has 0 spiro atoms. The zero-order valence-electron chi connectivity index (χ0n) is 16.9. The molecule has 0 unspecified atom stereocenters. The lowest BCUT2D eigenvalue weighted by molar-refractivity contribution is -0.617. The molecule has 0 N–H and O–H groups in total. The van der Waals surface area contributed by atoms with Crippen LogP contribution in [0.1, 0.15) is 12.8 Å². The Balaban J connectivity index is 0.000000176. The topological polar surface area (TPSA) is 112 Å². The minimum atomic E-state index is 0.0887. The van der Waals surface area contributed by atoms with Gasteiger partial charge in [0.1, 0.15) is 53.5 Å². The largest absolute Gasteiger partial charge is 0.235 e. The molecule has 0 bridgehead atoms. The molecule has 4 rings (SSSR count). The maximum Gasteiger partial charge on any atom is 0.231 e. The van der Waals surface area contributed by atoms with Gasteiger partial charge in [0.05, 0.1) is 0 Å². The van der Waals surface area contributed by atoms with E-state index in [9.17, 15) is 0 Å². The van der Waals surface area contributed by atoms with Gasteiger partial charge in [-0.2, -0.15) is 25.6 Å². The lowest BCUT2D eigenvalue weighted by Crippen LogP contribution is -2.30. The van der Waals surface area contributed by atoms with Crippen LogP contribution in [0, 0.1) is 45.3 Å². The van der Waals surface area contributed by atoms with Crippen LogP contribution in [0.3, 0.4) is 0 Å². The van der Waals surface area contributed by atoms with Crippen LogP contribution >= 0.6 is 0 Å². The first kappa shape index (κ1) is 20.9. The third-order valence-corrected chi connectivity index (χ3v) is 4.97. The summed E-state index contributed by atoms with van der Waals surface area (Å²) in [6, 6.07) is 23.6. The third kappa shape index (κ3) is 4.46. The van der Waals surface area contributed by atoms with Gasteiger partial charge in [0.2, 0.25) is 11.0 Å². The van der Waals surface area contributed by atoms with E-state index in [2.05, 4.69) is 28.7 Å². The lowest BCUT2D eigenvalue weighted by atomic mass is 9.92. The molecule has 0 amide bonds. The molecule has 3 aromatic rings. The molecule has 0 fully saturated rings. The first-order chi connectivity index (χ1) is 15.1. The average molecular weight is 401 g/mol. The number of nitriles is 4. The molecule has 1 aliphatic rings. The monoisotopic (exact) mass is 401 g/mol. The summed E-state index contributed by atoms with van der Waals surface area (Å²) in [7, 11) is 2.08. The number of hydrogen-bond donors (Lipinski definition) is 0. The minimum absolute atomic E-state index is 0.0887. The highest BCUT2D eigenvalue weighted by Gasteiger charge is 2.12. The Hall–Kier alpha value is -4.78. The van der Waals surface area contributed by atoms with Crippen LogP contribution in [0.4, 0.5) is 0 Å². The van der Waals surface area contributed by atoms with Crippen LogP contribution in [0.15, 0.2) is 83.0 Å². The summed E-state index contributed by atoms with van der Waals surface area (Å²) in [5, 5.41) is 34.7. The van der Waals surface area contributed by atoms with Crippen LogP contribution in [0.2, 0.25) is 0 Å². The summed E-state index contributed by atoms with van der Waals surface area (Å²) in [5.41, 5.74) is 5.90. The van der Waals surface area contributed by atoms with E-state index >= 15 is 0 Å². The summed E-state index contributed by atoms with van der Waals surface area (Å²) in [6.07, 6.45) is 4.26. The Morgan fingerprint density at radius 3 is 1.45 bits per heavy atom. The van der Waals surface area contributed by atoms with Gasteiger partial charge in [-0.05, 0) is 36.1 Å². The van der Waals surface area contributed by atoms with Gasteiger partial charge in [0.15, 0.2) is 0 Å². The van der Waals surface area contributed by atoms with Gasteiger partial charge in [0.25, 0.3) is 0 Å². The van der Waals surface area contributed by atoms with Crippen molar-refractivity contribution in [3.05, 3.63) is 83.0 Å². The van der Waals surface area contributed by atoms with Gasteiger partial charge in [-0.25, -0.2) is 4.98 Å². The molecule has 0 saturated heterocycles. The molecule has 2 aromatic carbocycles. The number of hydrogen-bond acceptors (Lipinski definition) is 5. The van der Waals surface area contributed by atoms with E-state index < -0.39 is 0 Å².